The van der Waals surface area contributed by atoms with Crippen molar-refractivity contribution in [2.75, 3.05) is 43.7 Å². The fourth-order valence-electron chi connectivity index (χ4n) is 3.31. The molecule has 234 valence electrons. The molecule has 1 rings (SSSR count). The third-order valence-corrected chi connectivity index (χ3v) is 6.06. The molecule has 1 amide bonds. The van der Waals surface area contributed by atoms with Gasteiger partial charge in [0.15, 0.2) is 0 Å². The predicted molar refractivity (Wildman–Crippen MR) is 152 cm³/mol. The predicted octanol–water partition coefficient (Wildman–Crippen LogP) is 2.01. The van der Waals surface area contributed by atoms with Crippen LogP contribution in [0, 0.1) is 0 Å². The summed E-state index contributed by atoms with van der Waals surface area (Å²) in [6, 6.07) is 4.98. The molecule has 0 aromatic heterocycles. The Morgan fingerprint density at radius 3 is 1.68 bits per heavy atom. The number of rotatable bonds is 15. The zero-order valence-corrected chi connectivity index (χ0v) is 26.5. The van der Waals surface area contributed by atoms with E-state index in [9.17, 15) is 31.2 Å². The lowest BCUT2D eigenvalue weighted by Gasteiger charge is -2.26. The van der Waals surface area contributed by atoms with Crippen LogP contribution in [0.5, 0.6) is 0 Å². The lowest BCUT2D eigenvalue weighted by Crippen LogP contribution is -2.44. The molecule has 0 bridgehead atoms. The smallest absolute Gasteiger partial charge is 0.329 e. The summed E-state index contributed by atoms with van der Waals surface area (Å²) in [6.45, 7) is 9.98. The van der Waals surface area contributed by atoms with Crippen molar-refractivity contribution in [1.29, 1.82) is 0 Å². The highest BCUT2D eigenvalue weighted by atomic mass is 32.2. The Morgan fingerprint density at radius 2 is 1.27 bits per heavy atom. The Kier molecular flexibility index (Phi) is 13.2. The van der Waals surface area contributed by atoms with Crippen molar-refractivity contribution >= 4 is 43.8 Å². The monoisotopic (exact) mass is 622 g/mol. The lowest BCUT2D eigenvalue weighted by molar-refractivity contribution is -0.158. The average Bonchev–Trinajstić information content (AvgIpc) is 2.77. The maximum absolute atomic E-state index is 13.0. The van der Waals surface area contributed by atoms with Gasteiger partial charge in [0.05, 0.1) is 25.7 Å². The average molecular weight is 623 g/mol. The molecule has 0 radical (unpaired) electrons. The zero-order chi connectivity index (χ0) is 31.6. The molecule has 0 spiro atoms. The van der Waals surface area contributed by atoms with Crippen molar-refractivity contribution in [2.45, 2.75) is 71.6 Å². The number of hydrogen-bond donors (Lipinski definition) is 1. The molecule has 1 atom stereocenters. The van der Waals surface area contributed by atoms with E-state index in [0.29, 0.717) is 5.69 Å². The van der Waals surface area contributed by atoms with Crippen LogP contribution in [-0.4, -0.2) is 90.7 Å². The quantitative estimate of drug-likeness (QED) is 0.223. The highest BCUT2D eigenvalue weighted by molar-refractivity contribution is 7.86. The van der Waals surface area contributed by atoms with Crippen LogP contribution >= 0.6 is 0 Å². The van der Waals surface area contributed by atoms with Crippen LogP contribution in [0.3, 0.4) is 0 Å². The number of nitrogens with one attached hydrogen (secondary N) is 1. The molecule has 41 heavy (non-hydrogen) atoms. The summed E-state index contributed by atoms with van der Waals surface area (Å²) in [7, 11) is -7.37. The van der Waals surface area contributed by atoms with Gasteiger partial charge in [0, 0.05) is 30.8 Å². The first-order chi connectivity index (χ1) is 18.5. The Morgan fingerprint density at radius 1 is 0.805 bits per heavy atom. The van der Waals surface area contributed by atoms with Crippen molar-refractivity contribution in [3.8, 4) is 0 Å². The SMILES string of the molecule is CC(C)(C)OC(=O)CC[C@H](NC(=O)c1ccc(N(CCOS(C)(=O)=O)CCOS(C)(=O)=O)cc1)C(=O)OC(C)(C)C. The number of hydrogen-bond acceptors (Lipinski definition) is 12. The van der Waals surface area contributed by atoms with E-state index >= 15 is 0 Å². The number of amides is 1. The molecule has 0 aliphatic heterocycles. The molecular weight excluding hydrogens is 580 g/mol. The fourth-order valence-corrected chi connectivity index (χ4v) is 4.06. The van der Waals surface area contributed by atoms with E-state index < -0.39 is 55.3 Å². The van der Waals surface area contributed by atoms with Gasteiger partial charge in [-0.15, -0.1) is 0 Å². The van der Waals surface area contributed by atoms with Crippen molar-refractivity contribution in [2.24, 2.45) is 0 Å². The van der Waals surface area contributed by atoms with Crippen LogP contribution in [0.25, 0.3) is 0 Å². The minimum Gasteiger partial charge on any atom is -0.460 e. The summed E-state index contributed by atoms with van der Waals surface area (Å²) in [5.41, 5.74) is -0.798. The Bertz CT molecular complexity index is 1210. The van der Waals surface area contributed by atoms with E-state index in [2.05, 4.69) is 5.32 Å². The maximum atomic E-state index is 13.0. The minimum absolute atomic E-state index is 0.0396. The lowest BCUT2D eigenvalue weighted by atomic mass is 10.1. The summed E-state index contributed by atoms with van der Waals surface area (Å²) in [6.07, 6.45) is 1.66. The molecule has 0 heterocycles. The molecule has 0 fully saturated rings. The van der Waals surface area contributed by atoms with Gasteiger partial charge in [-0.25, -0.2) is 4.79 Å². The molecule has 0 saturated carbocycles. The van der Waals surface area contributed by atoms with Gasteiger partial charge in [-0.05, 0) is 72.2 Å². The van der Waals surface area contributed by atoms with Gasteiger partial charge in [0.25, 0.3) is 26.1 Å². The van der Waals surface area contributed by atoms with E-state index in [1.54, 1.807) is 58.6 Å². The van der Waals surface area contributed by atoms with Gasteiger partial charge in [0.1, 0.15) is 17.2 Å². The largest absolute Gasteiger partial charge is 0.460 e. The summed E-state index contributed by atoms with van der Waals surface area (Å²) >= 11 is 0. The van der Waals surface area contributed by atoms with Gasteiger partial charge in [-0.2, -0.15) is 16.8 Å². The minimum atomic E-state index is -3.69. The third kappa shape index (κ3) is 17.0. The molecule has 15 heteroatoms. The Balaban J connectivity index is 3.04. The number of esters is 2. The second-order valence-corrected chi connectivity index (χ2v) is 14.6. The van der Waals surface area contributed by atoms with Crippen molar-refractivity contribution < 1.29 is 49.1 Å². The van der Waals surface area contributed by atoms with Crippen LogP contribution in [0.4, 0.5) is 5.69 Å². The van der Waals surface area contributed by atoms with Crippen molar-refractivity contribution in [1.82, 2.24) is 5.32 Å². The van der Waals surface area contributed by atoms with Crippen LogP contribution in [-0.2, 0) is 47.7 Å². The Labute approximate surface area is 243 Å². The topological polar surface area (TPSA) is 172 Å². The van der Waals surface area contributed by atoms with Crippen LogP contribution < -0.4 is 10.2 Å². The number of ether oxygens (including phenoxy) is 2. The number of carbonyl (C=O) groups excluding carboxylic acids is 3. The molecule has 1 aromatic carbocycles. The van der Waals surface area contributed by atoms with Gasteiger partial charge in [-0.1, -0.05) is 0 Å². The number of nitrogens with zero attached hydrogens (tertiary/aromatic N) is 1. The van der Waals surface area contributed by atoms with Crippen LogP contribution in [0.1, 0.15) is 64.7 Å². The number of benzene rings is 1. The van der Waals surface area contributed by atoms with E-state index in [1.807, 2.05) is 0 Å². The molecular formula is C26H42N2O11S2. The first-order valence-electron chi connectivity index (χ1n) is 12.8. The van der Waals surface area contributed by atoms with Gasteiger partial charge < -0.3 is 19.7 Å². The van der Waals surface area contributed by atoms with Gasteiger partial charge in [-0.3, -0.25) is 18.0 Å². The van der Waals surface area contributed by atoms with Crippen molar-refractivity contribution in [3.63, 3.8) is 0 Å². The number of carbonyl (C=O) groups is 3. The molecule has 0 unspecified atom stereocenters. The molecule has 1 N–H and O–H groups in total. The van der Waals surface area contributed by atoms with Gasteiger partial charge >= 0.3 is 11.9 Å². The summed E-state index contributed by atoms with van der Waals surface area (Å²) in [5.74, 6) is -1.82. The molecule has 0 aliphatic rings. The summed E-state index contributed by atoms with van der Waals surface area (Å²) < 4.78 is 65.6. The fraction of sp³-hybridized carbons (Fsp3) is 0.654. The second kappa shape index (κ2) is 14.9. The van der Waals surface area contributed by atoms with Crippen LogP contribution in [0.15, 0.2) is 24.3 Å². The molecule has 1 aromatic rings. The van der Waals surface area contributed by atoms with Crippen LogP contribution in [0.2, 0.25) is 0 Å². The third-order valence-electron chi connectivity index (χ3n) is 4.87. The molecule has 0 saturated heterocycles. The van der Waals surface area contributed by atoms with Crippen molar-refractivity contribution in [3.05, 3.63) is 29.8 Å². The summed E-state index contributed by atoms with van der Waals surface area (Å²) in [4.78, 5) is 39.7. The summed E-state index contributed by atoms with van der Waals surface area (Å²) in [5, 5.41) is 2.62. The normalized spacial score (nSPS) is 13.3. The second-order valence-electron chi connectivity index (χ2n) is 11.3. The first kappa shape index (κ1) is 36.3. The zero-order valence-electron chi connectivity index (χ0n) is 24.9. The molecule has 13 nitrogen and oxygen atoms in total. The van der Waals surface area contributed by atoms with E-state index in [0.717, 1.165) is 12.5 Å². The maximum Gasteiger partial charge on any atom is 0.329 e. The molecule has 0 aliphatic carbocycles. The Hall–Kier alpha value is -2.75. The standard InChI is InChI=1S/C26H42N2O11S2/c1-25(2,3)38-22(29)14-13-21(24(31)39-26(4,5)6)27-23(30)19-9-11-20(12-10-19)28(15-17-36-40(7,32)33)16-18-37-41(8,34)35/h9-12,21H,13-18H2,1-8H3,(H,27,30)/t21-/m0/s1. The van der Waals surface area contributed by atoms with E-state index in [-0.39, 0.29) is 44.7 Å². The first-order valence-corrected chi connectivity index (χ1v) is 16.5. The number of anilines is 1. The highest BCUT2D eigenvalue weighted by Gasteiger charge is 2.28. The van der Waals surface area contributed by atoms with Gasteiger partial charge in [0.2, 0.25) is 0 Å². The van der Waals surface area contributed by atoms with E-state index in [4.69, 9.17) is 17.8 Å². The highest BCUT2D eigenvalue weighted by Crippen LogP contribution is 2.17. The van der Waals surface area contributed by atoms with E-state index in [1.165, 1.54) is 12.1 Å².